The first kappa shape index (κ1) is 11.9. The van der Waals surface area contributed by atoms with Crippen LogP contribution in [0.15, 0.2) is 72.9 Å². The van der Waals surface area contributed by atoms with Gasteiger partial charge >= 0.3 is 0 Å². The highest BCUT2D eigenvalue weighted by Gasteiger charge is 2.45. The average molecular weight is 224 g/mol. The number of hydrogen-bond donors (Lipinski definition) is 0. The number of rotatable bonds is 3. The van der Waals surface area contributed by atoms with Gasteiger partial charge < -0.3 is 0 Å². The van der Waals surface area contributed by atoms with Gasteiger partial charge in [-0.15, -0.1) is 0 Å². The van der Waals surface area contributed by atoms with Gasteiger partial charge in [0.1, 0.15) is 0 Å². The molecule has 2 aliphatic rings. The third kappa shape index (κ3) is 1.51. The van der Waals surface area contributed by atoms with E-state index in [2.05, 4.69) is 32.4 Å². The van der Waals surface area contributed by atoms with Crippen LogP contribution in [0.3, 0.4) is 0 Å². The molecule has 0 aromatic carbocycles. The summed E-state index contributed by atoms with van der Waals surface area (Å²) in [4.78, 5) is 0. The minimum absolute atomic E-state index is 0.139. The molecule has 0 heteroatoms. The molecule has 1 saturated carbocycles. The zero-order valence-electron chi connectivity index (χ0n) is 10.5. The molecule has 0 bridgehead atoms. The molecule has 0 amide bonds. The van der Waals surface area contributed by atoms with Gasteiger partial charge in [0.2, 0.25) is 0 Å². The van der Waals surface area contributed by atoms with E-state index in [1.807, 2.05) is 18.2 Å². The van der Waals surface area contributed by atoms with Crippen LogP contribution in [-0.2, 0) is 0 Å². The van der Waals surface area contributed by atoms with Gasteiger partial charge in [-0.2, -0.15) is 0 Å². The van der Waals surface area contributed by atoms with Crippen LogP contribution in [-0.4, -0.2) is 0 Å². The third-order valence-electron chi connectivity index (χ3n) is 4.15. The monoisotopic (exact) mass is 224 g/mol. The van der Waals surface area contributed by atoms with E-state index in [4.69, 9.17) is 0 Å². The fourth-order valence-corrected chi connectivity index (χ4v) is 3.37. The Kier molecular flexibility index (Phi) is 3.06. The Hall–Kier alpha value is -1.56. The van der Waals surface area contributed by atoms with Crippen LogP contribution in [0.25, 0.3) is 0 Å². The van der Waals surface area contributed by atoms with Crippen LogP contribution in [0.2, 0.25) is 0 Å². The van der Waals surface area contributed by atoms with Crippen molar-refractivity contribution < 1.29 is 0 Å². The summed E-state index contributed by atoms with van der Waals surface area (Å²) in [7, 11) is 0. The first-order valence-electron chi connectivity index (χ1n) is 6.23. The molecular formula is C17H20. The van der Waals surface area contributed by atoms with Crippen LogP contribution < -0.4 is 0 Å². The van der Waals surface area contributed by atoms with Gasteiger partial charge in [-0.1, -0.05) is 63.5 Å². The summed E-state index contributed by atoms with van der Waals surface area (Å²) in [6.07, 6.45) is 12.8. The molecule has 0 aliphatic heterocycles. The van der Waals surface area contributed by atoms with E-state index in [-0.39, 0.29) is 5.41 Å². The Labute approximate surface area is 104 Å². The Morgan fingerprint density at radius 2 is 1.65 bits per heavy atom. The molecule has 0 atom stereocenters. The summed E-state index contributed by atoms with van der Waals surface area (Å²) in [5.74, 6) is 0. The Morgan fingerprint density at radius 3 is 2.12 bits per heavy atom. The van der Waals surface area contributed by atoms with Gasteiger partial charge in [0.15, 0.2) is 0 Å². The Morgan fingerprint density at radius 1 is 1.00 bits per heavy atom. The van der Waals surface area contributed by atoms with Crippen molar-refractivity contribution in [2.24, 2.45) is 5.41 Å². The van der Waals surface area contributed by atoms with Gasteiger partial charge in [0.05, 0.1) is 0 Å². The van der Waals surface area contributed by atoms with Crippen molar-refractivity contribution >= 4 is 0 Å². The number of hydrogen-bond acceptors (Lipinski definition) is 0. The maximum absolute atomic E-state index is 4.33. The molecule has 1 spiro atoms. The van der Waals surface area contributed by atoms with E-state index in [9.17, 15) is 0 Å². The third-order valence-corrected chi connectivity index (χ3v) is 4.15. The SMILES string of the molecule is C=C/C=C1\C(=C)C2(CCCC2)C(C=C)=C1C=C. The minimum Gasteiger partial charge on any atom is -0.0990 e. The van der Waals surface area contributed by atoms with Crippen molar-refractivity contribution in [2.45, 2.75) is 25.7 Å². The lowest BCUT2D eigenvalue weighted by Gasteiger charge is -2.27. The molecule has 0 aromatic rings. The van der Waals surface area contributed by atoms with Crippen molar-refractivity contribution in [3.63, 3.8) is 0 Å². The second kappa shape index (κ2) is 4.37. The normalized spacial score (nSPS) is 24.7. The molecular weight excluding hydrogens is 204 g/mol. The van der Waals surface area contributed by atoms with E-state index >= 15 is 0 Å². The first-order chi connectivity index (χ1) is 8.21. The van der Waals surface area contributed by atoms with Crippen LogP contribution in [0, 0.1) is 5.41 Å². The summed E-state index contributed by atoms with van der Waals surface area (Å²) in [5, 5.41) is 0. The lowest BCUT2D eigenvalue weighted by Crippen LogP contribution is -2.16. The molecule has 0 aromatic heterocycles. The topological polar surface area (TPSA) is 0 Å². The molecule has 1 fully saturated rings. The fraction of sp³-hybridized carbons (Fsp3) is 0.294. The molecule has 17 heavy (non-hydrogen) atoms. The van der Waals surface area contributed by atoms with Gasteiger partial charge in [0.25, 0.3) is 0 Å². The van der Waals surface area contributed by atoms with Crippen molar-refractivity contribution in [1.82, 2.24) is 0 Å². The molecule has 0 saturated heterocycles. The fourth-order valence-electron chi connectivity index (χ4n) is 3.37. The van der Waals surface area contributed by atoms with Crippen LogP contribution in [0.5, 0.6) is 0 Å². The van der Waals surface area contributed by atoms with Crippen LogP contribution in [0.4, 0.5) is 0 Å². The maximum Gasteiger partial charge on any atom is 0.0209 e. The van der Waals surface area contributed by atoms with Crippen molar-refractivity contribution in [2.75, 3.05) is 0 Å². The smallest absolute Gasteiger partial charge is 0.0209 e. The van der Waals surface area contributed by atoms with E-state index in [1.165, 1.54) is 48.0 Å². The minimum atomic E-state index is 0.139. The molecule has 2 rings (SSSR count). The average Bonchev–Trinajstić information content (AvgIpc) is 2.89. The predicted molar refractivity (Wildman–Crippen MR) is 75.7 cm³/mol. The van der Waals surface area contributed by atoms with E-state index in [1.54, 1.807) is 0 Å². The Balaban J connectivity index is 2.65. The summed E-state index contributed by atoms with van der Waals surface area (Å²) < 4.78 is 0. The van der Waals surface area contributed by atoms with E-state index < -0.39 is 0 Å². The zero-order valence-corrected chi connectivity index (χ0v) is 10.5. The van der Waals surface area contributed by atoms with Crippen molar-refractivity contribution in [3.05, 3.63) is 72.9 Å². The van der Waals surface area contributed by atoms with Crippen molar-refractivity contribution in [3.8, 4) is 0 Å². The molecule has 0 N–H and O–H groups in total. The summed E-state index contributed by atoms with van der Waals surface area (Å²) in [6, 6.07) is 0. The summed E-state index contributed by atoms with van der Waals surface area (Å²) >= 11 is 0. The highest BCUT2D eigenvalue weighted by atomic mass is 14.5. The molecule has 2 aliphatic carbocycles. The lowest BCUT2D eigenvalue weighted by molar-refractivity contribution is 0.478. The molecule has 88 valence electrons. The first-order valence-corrected chi connectivity index (χ1v) is 6.23. The number of allylic oxidation sites excluding steroid dienone is 8. The maximum atomic E-state index is 4.33. The van der Waals surface area contributed by atoms with Crippen LogP contribution >= 0.6 is 0 Å². The molecule has 0 heterocycles. The lowest BCUT2D eigenvalue weighted by atomic mass is 9.76. The van der Waals surface area contributed by atoms with Crippen LogP contribution in [0.1, 0.15) is 25.7 Å². The highest BCUT2D eigenvalue weighted by molar-refractivity contribution is 5.68. The summed E-state index contributed by atoms with van der Waals surface area (Å²) in [5.41, 5.74) is 5.10. The molecule has 0 unspecified atom stereocenters. The van der Waals surface area contributed by atoms with Gasteiger partial charge in [-0.3, -0.25) is 0 Å². The summed E-state index contributed by atoms with van der Waals surface area (Å²) in [6.45, 7) is 16.1. The molecule has 0 nitrogen and oxygen atoms in total. The Bertz CT molecular complexity index is 448. The van der Waals surface area contributed by atoms with Gasteiger partial charge in [-0.25, -0.2) is 0 Å². The second-order valence-corrected chi connectivity index (χ2v) is 4.82. The predicted octanol–water partition coefficient (Wildman–Crippen LogP) is 4.90. The highest BCUT2D eigenvalue weighted by Crippen LogP contribution is 2.58. The molecule has 0 radical (unpaired) electrons. The largest absolute Gasteiger partial charge is 0.0990 e. The van der Waals surface area contributed by atoms with Gasteiger partial charge in [-0.05, 0) is 35.1 Å². The van der Waals surface area contributed by atoms with Crippen molar-refractivity contribution in [1.29, 1.82) is 0 Å². The quantitative estimate of drug-likeness (QED) is 0.639. The standard InChI is InChI=1S/C17H20/c1-5-10-15-13(4)17(11-8-9-12-17)16(7-3)14(15)6-2/h5-7,10H,1-4,8-9,11-12H2/b15-10+. The van der Waals surface area contributed by atoms with Gasteiger partial charge in [0, 0.05) is 5.41 Å². The van der Waals surface area contributed by atoms with E-state index in [0.717, 1.165) is 0 Å². The second-order valence-electron chi connectivity index (χ2n) is 4.82. The zero-order chi connectivity index (χ0) is 12.5. The van der Waals surface area contributed by atoms with E-state index in [0.29, 0.717) is 0 Å².